The van der Waals surface area contributed by atoms with Crippen LogP contribution in [-0.4, -0.2) is 9.38 Å². The summed E-state index contributed by atoms with van der Waals surface area (Å²) >= 11 is 1.81. The van der Waals surface area contributed by atoms with E-state index in [-0.39, 0.29) is 0 Å². The van der Waals surface area contributed by atoms with Gasteiger partial charge in [-0.05, 0) is 36.8 Å². The van der Waals surface area contributed by atoms with Crippen LogP contribution in [0.5, 0.6) is 0 Å². The minimum Gasteiger partial charge on any atom is -0.297 e. The fraction of sp³-hybridized carbons (Fsp3) is 0.607. The Morgan fingerprint density at radius 2 is 1.26 bits per heavy atom. The highest BCUT2D eigenvalue weighted by atomic mass is 32.1. The van der Waals surface area contributed by atoms with Gasteiger partial charge in [0, 0.05) is 12.4 Å². The van der Waals surface area contributed by atoms with E-state index in [4.69, 9.17) is 4.98 Å². The lowest BCUT2D eigenvalue weighted by Gasteiger charge is -2.03. The van der Waals surface area contributed by atoms with Crippen LogP contribution in [-0.2, 0) is 12.8 Å². The van der Waals surface area contributed by atoms with Crippen LogP contribution in [0, 0.1) is 0 Å². The number of benzene rings is 1. The Bertz CT molecular complexity index is 827. The molecule has 0 bridgehead atoms. The first-order valence-corrected chi connectivity index (χ1v) is 13.7. The molecule has 0 amide bonds. The number of hydrogen-bond acceptors (Lipinski definition) is 2. The number of aromatic nitrogens is 2. The highest BCUT2D eigenvalue weighted by molar-refractivity contribution is 7.20. The quantitative estimate of drug-likeness (QED) is 0.204. The molecule has 0 saturated heterocycles. The number of thiazole rings is 1. The lowest BCUT2D eigenvalue weighted by Crippen LogP contribution is -1.87. The smallest absolute Gasteiger partial charge is 0.194 e. The molecule has 170 valence electrons. The summed E-state index contributed by atoms with van der Waals surface area (Å²) < 4.78 is 2.22. The summed E-state index contributed by atoms with van der Waals surface area (Å²) in [4.78, 5) is 7.33. The van der Waals surface area contributed by atoms with Crippen molar-refractivity contribution in [3.63, 3.8) is 0 Å². The Labute approximate surface area is 194 Å². The minimum absolute atomic E-state index is 1.12. The molecule has 3 heteroatoms. The SMILES string of the molecule is CCCCCCCCCCc1cn2cc(-c3ccc(CCCCCCC)cc3)sc2n1. The van der Waals surface area contributed by atoms with Crippen molar-refractivity contribution in [1.29, 1.82) is 0 Å². The summed E-state index contributed by atoms with van der Waals surface area (Å²) in [6, 6.07) is 9.19. The normalized spacial score (nSPS) is 11.5. The minimum atomic E-state index is 1.12. The summed E-state index contributed by atoms with van der Waals surface area (Å²) in [5.74, 6) is 0. The van der Waals surface area contributed by atoms with E-state index >= 15 is 0 Å². The Hall–Kier alpha value is -1.61. The first-order chi connectivity index (χ1) is 15.3. The van der Waals surface area contributed by atoms with Gasteiger partial charge >= 0.3 is 0 Å². The summed E-state index contributed by atoms with van der Waals surface area (Å²) in [6.07, 6.45) is 24.5. The molecule has 0 fully saturated rings. The van der Waals surface area contributed by atoms with Gasteiger partial charge in [-0.25, -0.2) is 4.98 Å². The molecule has 0 unspecified atom stereocenters. The molecule has 0 atom stereocenters. The highest BCUT2D eigenvalue weighted by Gasteiger charge is 2.08. The third kappa shape index (κ3) is 8.11. The Kier molecular flexibility index (Phi) is 10.6. The van der Waals surface area contributed by atoms with Gasteiger partial charge in [0.25, 0.3) is 0 Å². The fourth-order valence-electron chi connectivity index (χ4n) is 4.31. The first-order valence-electron chi connectivity index (χ1n) is 12.9. The molecule has 2 aromatic heterocycles. The standard InChI is InChI=1S/C28H42N2S/c1-3-5-7-9-10-11-13-15-17-26-22-30-23-27(31-28(30)29-26)25-20-18-24(19-21-25)16-14-12-8-6-4-2/h18-23H,3-17H2,1-2H3. The van der Waals surface area contributed by atoms with Crippen molar-refractivity contribution >= 4 is 16.3 Å². The summed E-state index contributed by atoms with van der Waals surface area (Å²) in [7, 11) is 0. The molecular formula is C28H42N2S. The Morgan fingerprint density at radius 3 is 1.87 bits per heavy atom. The van der Waals surface area contributed by atoms with Crippen LogP contribution in [0.4, 0.5) is 0 Å². The van der Waals surface area contributed by atoms with E-state index in [1.807, 2.05) is 11.3 Å². The van der Waals surface area contributed by atoms with Gasteiger partial charge in [0.15, 0.2) is 4.96 Å². The van der Waals surface area contributed by atoms with E-state index in [0.29, 0.717) is 0 Å². The van der Waals surface area contributed by atoms with Crippen molar-refractivity contribution < 1.29 is 0 Å². The summed E-state index contributed by atoms with van der Waals surface area (Å²) in [5, 5.41) is 0. The monoisotopic (exact) mass is 438 g/mol. The number of fused-ring (bicyclic) bond motifs is 1. The van der Waals surface area contributed by atoms with Gasteiger partial charge < -0.3 is 0 Å². The topological polar surface area (TPSA) is 17.3 Å². The molecule has 3 aromatic rings. The third-order valence-corrected chi connectivity index (χ3v) is 7.35. The zero-order chi connectivity index (χ0) is 21.7. The molecule has 3 rings (SSSR count). The van der Waals surface area contributed by atoms with E-state index in [1.54, 1.807) is 0 Å². The summed E-state index contributed by atoms with van der Waals surface area (Å²) in [6.45, 7) is 4.56. The van der Waals surface area contributed by atoms with E-state index in [2.05, 4.69) is 54.9 Å². The number of rotatable bonds is 16. The highest BCUT2D eigenvalue weighted by Crippen LogP contribution is 2.29. The predicted octanol–water partition coefficient (Wildman–Crippen LogP) is 9.26. The maximum absolute atomic E-state index is 4.88. The van der Waals surface area contributed by atoms with E-state index in [0.717, 1.165) is 11.4 Å². The van der Waals surface area contributed by atoms with Crippen molar-refractivity contribution in [2.75, 3.05) is 0 Å². The average molecular weight is 439 g/mol. The second-order valence-corrected chi connectivity index (χ2v) is 10.1. The van der Waals surface area contributed by atoms with Crippen LogP contribution in [0.1, 0.15) is 109 Å². The maximum Gasteiger partial charge on any atom is 0.194 e. The molecule has 0 saturated carbocycles. The number of nitrogens with zero attached hydrogens (tertiary/aromatic N) is 2. The molecular weight excluding hydrogens is 396 g/mol. The van der Waals surface area contributed by atoms with Gasteiger partial charge in [-0.2, -0.15) is 0 Å². The van der Waals surface area contributed by atoms with Crippen LogP contribution in [0.15, 0.2) is 36.7 Å². The van der Waals surface area contributed by atoms with E-state index in [1.165, 1.54) is 112 Å². The van der Waals surface area contributed by atoms with Crippen molar-refractivity contribution in [3.8, 4) is 10.4 Å². The lowest BCUT2D eigenvalue weighted by molar-refractivity contribution is 0.574. The molecule has 1 aromatic carbocycles. The van der Waals surface area contributed by atoms with Gasteiger partial charge in [0.2, 0.25) is 0 Å². The van der Waals surface area contributed by atoms with Crippen LogP contribution < -0.4 is 0 Å². The van der Waals surface area contributed by atoms with Gasteiger partial charge in [-0.15, -0.1) is 0 Å². The molecule has 0 aliphatic heterocycles. The Morgan fingerprint density at radius 1 is 0.677 bits per heavy atom. The fourth-order valence-corrected chi connectivity index (χ4v) is 5.30. The molecule has 0 aliphatic rings. The van der Waals surface area contributed by atoms with E-state index < -0.39 is 0 Å². The zero-order valence-corrected chi connectivity index (χ0v) is 20.7. The van der Waals surface area contributed by atoms with Crippen LogP contribution in [0.3, 0.4) is 0 Å². The average Bonchev–Trinajstić information content (AvgIpc) is 3.35. The largest absolute Gasteiger partial charge is 0.297 e. The zero-order valence-electron chi connectivity index (χ0n) is 19.9. The summed E-state index contributed by atoms with van der Waals surface area (Å²) in [5.41, 5.74) is 4.03. The molecule has 0 N–H and O–H groups in total. The lowest BCUT2D eigenvalue weighted by atomic mass is 10.0. The van der Waals surface area contributed by atoms with E-state index in [9.17, 15) is 0 Å². The Balaban J connectivity index is 1.42. The maximum atomic E-state index is 4.88. The second kappa shape index (κ2) is 13.7. The second-order valence-electron chi connectivity index (χ2n) is 9.10. The van der Waals surface area contributed by atoms with Gasteiger partial charge in [-0.1, -0.05) is 120 Å². The number of unbranched alkanes of at least 4 members (excludes halogenated alkanes) is 11. The predicted molar refractivity (Wildman–Crippen MR) is 137 cm³/mol. The number of hydrogen-bond donors (Lipinski definition) is 0. The molecule has 0 radical (unpaired) electrons. The van der Waals surface area contributed by atoms with Gasteiger partial charge in [0.1, 0.15) is 0 Å². The molecule has 0 spiro atoms. The van der Waals surface area contributed by atoms with Crippen molar-refractivity contribution in [2.24, 2.45) is 0 Å². The van der Waals surface area contributed by atoms with Gasteiger partial charge in [0.05, 0.1) is 10.6 Å². The van der Waals surface area contributed by atoms with Gasteiger partial charge in [-0.3, -0.25) is 4.40 Å². The number of imidazole rings is 1. The van der Waals surface area contributed by atoms with Crippen molar-refractivity contribution in [3.05, 3.63) is 47.9 Å². The number of aryl methyl sites for hydroxylation is 2. The molecule has 0 aliphatic carbocycles. The third-order valence-electron chi connectivity index (χ3n) is 6.30. The van der Waals surface area contributed by atoms with Crippen molar-refractivity contribution in [1.82, 2.24) is 9.38 Å². The molecule has 31 heavy (non-hydrogen) atoms. The molecule has 2 nitrogen and oxygen atoms in total. The van der Waals surface area contributed by atoms with Crippen molar-refractivity contribution in [2.45, 2.75) is 110 Å². The molecule has 2 heterocycles. The van der Waals surface area contributed by atoms with Crippen LogP contribution in [0.25, 0.3) is 15.4 Å². The van der Waals surface area contributed by atoms with Crippen LogP contribution >= 0.6 is 11.3 Å². The van der Waals surface area contributed by atoms with Crippen LogP contribution in [0.2, 0.25) is 0 Å². The first kappa shape index (κ1) is 24.0.